The zero-order chi connectivity index (χ0) is 19.2. The molecule has 3 fully saturated rings. The third kappa shape index (κ3) is 3.49. The van der Waals surface area contributed by atoms with Gasteiger partial charge in [-0.05, 0) is 61.8 Å². The van der Waals surface area contributed by atoms with Crippen molar-refractivity contribution >= 4 is 21.7 Å². The van der Waals surface area contributed by atoms with E-state index in [0.29, 0.717) is 30.9 Å². The van der Waals surface area contributed by atoms with Crippen molar-refractivity contribution in [1.82, 2.24) is 4.90 Å². The van der Waals surface area contributed by atoms with Crippen LogP contribution in [-0.4, -0.2) is 48.6 Å². The van der Waals surface area contributed by atoms with E-state index in [1.54, 1.807) is 17.0 Å². The van der Waals surface area contributed by atoms with Gasteiger partial charge in [-0.1, -0.05) is 12.8 Å². The largest absolute Gasteiger partial charge is 0.481 e. The molecule has 2 saturated carbocycles. The molecule has 1 saturated heterocycles. The Bertz CT molecular complexity index is 838. The van der Waals surface area contributed by atoms with Gasteiger partial charge in [0, 0.05) is 18.7 Å². The second-order valence-corrected chi connectivity index (χ2v) is 10.4. The number of amides is 1. The Labute approximate surface area is 159 Å². The molecule has 1 aromatic carbocycles. The number of likely N-dealkylation sites (tertiary alicyclic amines) is 1. The van der Waals surface area contributed by atoms with Crippen molar-refractivity contribution in [3.8, 4) is 0 Å². The number of rotatable bonds is 5. The van der Waals surface area contributed by atoms with Crippen LogP contribution < -0.4 is 0 Å². The van der Waals surface area contributed by atoms with Crippen molar-refractivity contribution in [2.24, 2.45) is 17.8 Å². The number of hydrogen-bond acceptors (Lipinski definition) is 4. The van der Waals surface area contributed by atoms with Gasteiger partial charge in [-0.25, -0.2) is 8.42 Å². The first-order valence-electron chi connectivity index (χ1n) is 9.74. The summed E-state index contributed by atoms with van der Waals surface area (Å²) in [6, 6.07) is 6.16. The third-order valence-electron chi connectivity index (χ3n) is 6.37. The van der Waals surface area contributed by atoms with Crippen molar-refractivity contribution in [2.75, 3.05) is 13.1 Å². The highest BCUT2D eigenvalue weighted by Crippen LogP contribution is 2.44. The monoisotopic (exact) mass is 391 g/mol. The molecule has 3 aliphatic rings. The SMILES string of the molecule is O=C(O)[C@H]1CN(C(=O)c2ccc(S(=O)(=O)C3CCCC3)cc2)C[C@@H]1C1CC1. The standard InChI is InChI=1S/C20H25NO5S/c22-19(21-11-17(13-5-6-13)18(12-21)20(23)24)14-7-9-16(10-8-14)27(25,26)15-3-1-2-4-15/h7-10,13,15,17-18H,1-6,11-12H2,(H,23,24)/t17-,18+/m1/s1. The maximum Gasteiger partial charge on any atom is 0.308 e. The van der Waals surface area contributed by atoms with Gasteiger partial charge in [-0.3, -0.25) is 9.59 Å². The minimum atomic E-state index is -3.33. The van der Waals surface area contributed by atoms with Crippen LogP contribution in [-0.2, 0) is 14.6 Å². The molecule has 0 spiro atoms. The molecule has 1 amide bonds. The van der Waals surface area contributed by atoms with E-state index >= 15 is 0 Å². The summed E-state index contributed by atoms with van der Waals surface area (Å²) in [7, 11) is -3.33. The molecule has 0 unspecified atom stereocenters. The quantitative estimate of drug-likeness (QED) is 0.833. The van der Waals surface area contributed by atoms with Crippen molar-refractivity contribution in [3.63, 3.8) is 0 Å². The number of sulfone groups is 1. The van der Waals surface area contributed by atoms with Crippen LogP contribution in [0.2, 0.25) is 0 Å². The van der Waals surface area contributed by atoms with Crippen molar-refractivity contribution in [2.45, 2.75) is 48.7 Å². The number of carboxylic acids is 1. The van der Waals surface area contributed by atoms with E-state index < -0.39 is 21.7 Å². The first-order valence-corrected chi connectivity index (χ1v) is 11.3. The van der Waals surface area contributed by atoms with Crippen LogP contribution in [0.25, 0.3) is 0 Å². The maximum absolute atomic E-state index is 12.8. The summed E-state index contributed by atoms with van der Waals surface area (Å²) in [5.41, 5.74) is 0.418. The fraction of sp³-hybridized carbons (Fsp3) is 0.600. The lowest BCUT2D eigenvalue weighted by Crippen LogP contribution is -2.30. The average Bonchev–Trinajstić information content (AvgIpc) is 3.17. The van der Waals surface area contributed by atoms with E-state index in [0.717, 1.165) is 25.7 Å². The molecule has 6 nitrogen and oxygen atoms in total. The van der Waals surface area contributed by atoms with Gasteiger partial charge >= 0.3 is 5.97 Å². The molecule has 0 radical (unpaired) electrons. The second-order valence-electron chi connectivity index (χ2n) is 8.13. The molecular formula is C20H25NO5S. The molecule has 2 atom stereocenters. The van der Waals surface area contributed by atoms with E-state index in [1.807, 2.05) is 0 Å². The Morgan fingerprint density at radius 3 is 2.15 bits per heavy atom. The van der Waals surface area contributed by atoms with E-state index in [9.17, 15) is 23.1 Å². The Morgan fingerprint density at radius 1 is 0.963 bits per heavy atom. The fourth-order valence-corrected chi connectivity index (χ4v) is 6.47. The smallest absolute Gasteiger partial charge is 0.308 e. The first-order chi connectivity index (χ1) is 12.9. The minimum Gasteiger partial charge on any atom is -0.481 e. The van der Waals surface area contributed by atoms with E-state index in [4.69, 9.17) is 0 Å². The lowest BCUT2D eigenvalue weighted by atomic mass is 9.92. The number of carboxylic acid groups (broad SMARTS) is 1. The number of aliphatic carboxylic acids is 1. The van der Waals surface area contributed by atoms with Gasteiger partial charge in [0.15, 0.2) is 9.84 Å². The summed E-state index contributed by atoms with van der Waals surface area (Å²) in [6.45, 7) is 0.708. The summed E-state index contributed by atoms with van der Waals surface area (Å²) < 4.78 is 25.3. The van der Waals surface area contributed by atoms with Gasteiger partial charge < -0.3 is 10.0 Å². The summed E-state index contributed by atoms with van der Waals surface area (Å²) in [6.07, 6.45) is 5.39. The number of carbonyl (C=O) groups excluding carboxylic acids is 1. The normalized spacial score (nSPS) is 26.4. The summed E-state index contributed by atoms with van der Waals surface area (Å²) >= 11 is 0. The predicted molar refractivity (Wildman–Crippen MR) is 99.1 cm³/mol. The fourth-order valence-electron chi connectivity index (χ4n) is 4.62. The Hall–Kier alpha value is -1.89. The lowest BCUT2D eigenvalue weighted by molar-refractivity contribution is -0.142. The average molecular weight is 391 g/mol. The highest BCUT2D eigenvalue weighted by molar-refractivity contribution is 7.92. The topological polar surface area (TPSA) is 91.8 Å². The number of hydrogen-bond donors (Lipinski definition) is 1. The van der Waals surface area contributed by atoms with Crippen molar-refractivity contribution in [1.29, 1.82) is 0 Å². The molecule has 1 aliphatic heterocycles. The van der Waals surface area contributed by atoms with Crippen LogP contribution in [0.5, 0.6) is 0 Å². The molecular weight excluding hydrogens is 366 g/mol. The van der Waals surface area contributed by atoms with Gasteiger partial charge in [0.25, 0.3) is 5.91 Å². The van der Waals surface area contributed by atoms with Gasteiger partial charge in [0.2, 0.25) is 0 Å². The molecule has 1 aromatic rings. The Balaban J connectivity index is 1.49. The van der Waals surface area contributed by atoms with E-state index in [-0.39, 0.29) is 28.5 Å². The zero-order valence-corrected chi connectivity index (χ0v) is 16.0. The van der Waals surface area contributed by atoms with Crippen molar-refractivity contribution < 1.29 is 23.1 Å². The molecule has 4 rings (SSSR count). The van der Waals surface area contributed by atoms with E-state index in [1.165, 1.54) is 12.1 Å². The molecule has 1 N–H and O–H groups in total. The van der Waals surface area contributed by atoms with Crippen LogP contribution in [0.15, 0.2) is 29.2 Å². The van der Waals surface area contributed by atoms with Crippen LogP contribution in [0.1, 0.15) is 48.9 Å². The maximum atomic E-state index is 12.8. The van der Waals surface area contributed by atoms with Gasteiger partial charge in [0.05, 0.1) is 16.1 Å². The number of benzene rings is 1. The highest BCUT2D eigenvalue weighted by Gasteiger charge is 2.47. The second kappa shape index (κ2) is 6.93. The minimum absolute atomic E-state index is 0.0356. The molecule has 0 bridgehead atoms. The summed E-state index contributed by atoms with van der Waals surface area (Å²) in [5, 5.41) is 9.14. The van der Waals surface area contributed by atoms with Crippen LogP contribution in [0, 0.1) is 17.8 Å². The first kappa shape index (κ1) is 18.5. The van der Waals surface area contributed by atoms with Crippen molar-refractivity contribution in [3.05, 3.63) is 29.8 Å². The molecule has 27 heavy (non-hydrogen) atoms. The lowest BCUT2D eigenvalue weighted by Gasteiger charge is -2.17. The van der Waals surface area contributed by atoms with Crippen LogP contribution in [0.3, 0.4) is 0 Å². The summed E-state index contributed by atoms with van der Waals surface area (Å²) in [4.78, 5) is 26.2. The third-order valence-corrected chi connectivity index (χ3v) is 8.65. The van der Waals surface area contributed by atoms with Crippen LogP contribution in [0.4, 0.5) is 0 Å². The number of carbonyl (C=O) groups is 2. The van der Waals surface area contributed by atoms with E-state index in [2.05, 4.69) is 0 Å². The Kier molecular flexibility index (Phi) is 4.74. The molecule has 1 heterocycles. The molecule has 2 aliphatic carbocycles. The molecule has 7 heteroatoms. The highest BCUT2D eigenvalue weighted by atomic mass is 32.2. The molecule has 146 valence electrons. The van der Waals surface area contributed by atoms with Crippen LogP contribution >= 0.6 is 0 Å². The Morgan fingerprint density at radius 2 is 1.59 bits per heavy atom. The zero-order valence-electron chi connectivity index (χ0n) is 15.2. The van der Waals surface area contributed by atoms with Gasteiger partial charge in [-0.15, -0.1) is 0 Å². The molecule has 0 aromatic heterocycles. The summed E-state index contributed by atoms with van der Waals surface area (Å²) in [5.74, 6) is -1.09. The van der Waals surface area contributed by atoms with Gasteiger partial charge in [-0.2, -0.15) is 0 Å². The predicted octanol–water partition coefficient (Wildman–Crippen LogP) is 2.59. The number of nitrogens with zero attached hydrogens (tertiary/aromatic N) is 1. The van der Waals surface area contributed by atoms with Gasteiger partial charge in [0.1, 0.15) is 0 Å².